The lowest BCUT2D eigenvalue weighted by Crippen LogP contribution is -2.02. The zero-order valence-electron chi connectivity index (χ0n) is 9.03. The molecule has 0 aliphatic heterocycles. The van der Waals surface area contributed by atoms with Crippen LogP contribution in [0.25, 0.3) is 10.1 Å². The highest BCUT2D eigenvalue weighted by molar-refractivity contribution is 7.20. The standard InChI is InChI=1S/C12H13NO2S/c1-15-12(14)11-7-9-8(5-6-13)3-2-4-10(9)16-11/h2-4,7H,5-6,13H2,1H3. The molecule has 0 saturated carbocycles. The second-order valence-corrected chi connectivity index (χ2v) is 4.55. The zero-order valence-corrected chi connectivity index (χ0v) is 9.84. The number of fused-ring (bicyclic) bond motifs is 1. The normalized spacial score (nSPS) is 10.6. The van der Waals surface area contributed by atoms with E-state index in [1.807, 2.05) is 24.3 Å². The number of hydrogen-bond acceptors (Lipinski definition) is 4. The van der Waals surface area contributed by atoms with Crippen LogP contribution in [0.5, 0.6) is 0 Å². The first kappa shape index (κ1) is 11.1. The molecule has 0 bridgehead atoms. The van der Waals surface area contributed by atoms with E-state index in [0.29, 0.717) is 11.4 Å². The van der Waals surface area contributed by atoms with Crippen molar-refractivity contribution in [2.45, 2.75) is 6.42 Å². The number of nitrogens with two attached hydrogens (primary N) is 1. The summed E-state index contributed by atoms with van der Waals surface area (Å²) >= 11 is 1.45. The Balaban J connectivity index is 2.52. The highest BCUT2D eigenvalue weighted by atomic mass is 32.1. The number of rotatable bonds is 3. The molecular formula is C12H13NO2S. The first-order valence-electron chi connectivity index (χ1n) is 5.06. The van der Waals surface area contributed by atoms with E-state index >= 15 is 0 Å². The van der Waals surface area contributed by atoms with Crippen LogP contribution in [0, 0.1) is 0 Å². The van der Waals surface area contributed by atoms with E-state index < -0.39 is 0 Å². The molecule has 1 aromatic carbocycles. The molecule has 16 heavy (non-hydrogen) atoms. The van der Waals surface area contributed by atoms with E-state index in [0.717, 1.165) is 16.5 Å². The number of carbonyl (C=O) groups excluding carboxylic acids is 1. The third kappa shape index (κ3) is 1.94. The number of methoxy groups -OCH3 is 1. The summed E-state index contributed by atoms with van der Waals surface area (Å²) in [5.74, 6) is -0.278. The van der Waals surface area contributed by atoms with Gasteiger partial charge in [-0.15, -0.1) is 11.3 Å². The Hall–Kier alpha value is -1.39. The highest BCUT2D eigenvalue weighted by Gasteiger charge is 2.11. The fraction of sp³-hybridized carbons (Fsp3) is 0.250. The van der Waals surface area contributed by atoms with Crippen LogP contribution in [0.2, 0.25) is 0 Å². The monoisotopic (exact) mass is 235 g/mol. The first-order chi connectivity index (χ1) is 7.76. The number of hydrogen-bond donors (Lipinski definition) is 1. The summed E-state index contributed by atoms with van der Waals surface area (Å²) in [6.45, 7) is 0.614. The van der Waals surface area contributed by atoms with Gasteiger partial charge in [0, 0.05) is 4.70 Å². The van der Waals surface area contributed by atoms with Crippen molar-refractivity contribution in [3.8, 4) is 0 Å². The van der Waals surface area contributed by atoms with Gasteiger partial charge < -0.3 is 10.5 Å². The molecule has 0 spiro atoms. The van der Waals surface area contributed by atoms with Gasteiger partial charge in [0.2, 0.25) is 0 Å². The molecule has 0 atom stereocenters. The van der Waals surface area contributed by atoms with Crippen molar-refractivity contribution in [1.82, 2.24) is 0 Å². The molecule has 1 aromatic heterocycles. The third-order valence-corrected chi connectivity index (χ3v) is 3.53. The van der Waals surface area contributed by atoms with Gasteiger partial charge >= 0.3 is 5.97 Å². The van der Waals surface area contributed by atoms with E-state index in [-0.39, 0.29) is 5.97 Å². The van der Waals surface area contributed by atoms with Gasteiger partial charge in [-0.1, -0.05) is 12.1 Å². The number of benzene rings is 1. The molecule has 2 rings (SSSR count). The van der Waals surface area contributed by atoms with Crippen LogP contribution in [0.4, 0.5) is 0 Å². The number of ether oxygens (including phenoxy) is 1. The minimum atomic E-state index is -0.278. The van der Waals surface area contributed by atoms with E-state index in [9.17, 15) is 4.79 Å². The van der Waals surface area contributed by atoms with Crippen LogP contribution in [-0.4, -0.2) is 19.6 Å². The van der Waals surface area contributed by atoms with E-state index in [4.69, 9.17) is 10.5 Å². The van der Waals surface area contributed by atoms with Crippen LogP contribution < -0.4 is 5.73 Å². The van der Waals surface area contributed by atoms with Crippen LogP contribution in [0.3, 0.4) is 0 Å². The summed E-state index contributed by atoms with van der Waals surface area (Å²) in [5, 5.41) is 1.11. The average Bonchev–Trinajstić information content (AvgIpc) is 2.73. The second-order valence-electron chi connectivity index (χ2n) is 3.47. The molecule has 0 fully saturated rings. The van der Waals surface area contributed by atoms with Gasteiger partial charge in [-0.05, 0) is 36.0 Å². The van der Waals surface area contributed by atoms with E-state index in [1.54, 1.807) is 0 Å². The molecule has 2 N–H and O–H groups in total. The van der Waals surface area contributed by atoms with Crippen molar-refractivity contribution in [2.24, 2.45) is 5.73 Å². The zero-order chi connectivity index (χ0) is 11.5. The Morgan fingerprint density at radius 2 is 2.31 bits per heavy atom. The minimum Gasteiger partial charge on any atom is -0.465 e. The molecule has 0 unspecified atom stereocenters. The van der Waals surface area contributed by atoms with Crippen LogP contribution in [-0.2, 0) is 11.2 Å². The summed E-state index contributed by atoms with van der Waals surface area (Å²) in [4.78, 5) is 12.1. The number of esters is 1. The minimum absolute atomic E-state index is 0.278. The largest absolute Gasteiger partial charge is 0.465 e. The van der Waals surface area contributed by atoms with Gasteiger partial charge in [0.05, 0.1) is 7.11 Å². The van der Waals surface area contributed by atoms with Gasteiger partial charge in [-0.3, -0.25) is 0 Å². The Morgan fingerprint density at radius 3 is 3.00 bits per heavy atom. The molecular weight excluding hydrogens is 222 g/mol. The van der Waals surface area contributed by atoms with Crippen LogP contribution >= 0.6 is 11.3 Å². The number of thiophene rings is 1. The summed E-state index contributed by atoms with van der Waals surface area (Å²) in [6.07, 6.45) is 0.828. The van der Waals surface area contributed by atoms with Crippen molar-refractivity contribution in [3.05, 3.63) is 34.7 Å². The van der Waals surface area contributed by atoms with Crippen LogP contribution in [0.15, 0.2) is 24.3 Å². The maximum Gasteiger partial charge on any atom is 0.348 e. The fourth-order valence-electron chi connectivity index (χ4n) is 1.70. The second kappa shape index (κ2) is 4.63. The Bertz CT molecular complexity index is 519. The maximum atomic E-state index is 11.4. The van der Waals surface area contributed by atoms with Gasteiger partial charge in [0.15, 0.2) is 0 Å². The van der Waals surface area contributed by atoms with Crippen molar-refractivity contribution in [3.63, 3.8) is 0 Å². The summed E-state index contributed by atoms with van der Waals surface area (Å²) in [5.41, 5.74) is 6.74. The van der Waals surface area contributed by atoms with E-state index in [2.05, 4.69) is 0 Å². The summed E-state index contributed by atoms with van der Waals surface area (Å²) in [7, 11) is 1.40. The molecule has 3 nitrogen and oxygen atoms in total. The van der Waals surface area contributed by atoms with Crippen molar-refractivity contribution in [2.75, 3.05) is 13.7 Å². The van der Waals surface area contributed by atoms with E-state index in [1.165, 1.54) is 24.0 Å². The lowest BCUT2D eigenvalue weighted by molar-refractivity contribution is 0.0606. The first-order valence-corrected chi connectivity index (χ1v) is 5.87. The predicted octanol–water partition coefficient (Wildman–Crippen LogP) is 2.19. The van der Waals surface area contributed by atoms with Gasteiger partial charge in [-0.2, -0.15) is 0 Å². The fourth-order valence-corrected chi connectivity index (χ4v) is 2.72. The molecule has 84 valence electrons. The Labute approximate surface area is 97.8 Å². The highest BCUT2D eigenvalue weighted by Crippen LogP contribution is 2.28. The SMILES string of the molecule is COC(=O)c1cc2c(CCN)cccc2s1. The Kier molecular flexibility index (Phi) is 3.22. The average molecular weight is 235 g/mol. The van der Waals surface area contributed by atoms with Crippen molar-refractivity contribution in [1.29, 1.82) is 0 Å². The topological polar surface area (TPSA) is 52.3 Å². The van der Waals surface area contributed by atoms with Crippen molar-refractivity contribution >= 4 is 27.4 Å². The predicted molar refractivity (Wildman–Crippen MR) is 65.9 cm³/mol. The van der Waals surface area contributed by atoms with Gasteiger partial charge in [-0.25, -0.2) is 4.79 Å². The summed E-state index contributed by atoms with van der Waals surface area (Å²) in [6, 6.07) is 7.93. The third-order valence-electron chi connectivity index (χ3n) is 2.45. The lowest BCUT2D eigenvalue weighted by atomic mass is 10.1. The molecule has 1 heterocycles. The molecule has 0 amide bonds. The molecule has 0 aliphatic rings. The number of carbonyl (C=O) groups is 1. The summed E-state index contributed by atoms with van der Waals surface area (Å²) < 4.78 is 5.82. The van der Waals surface area contributed by atoms with Crippen LogP contribution in [0.1, 0.15) is 15.2 Å². The molecule has 2 aromatic rings. The maximum absolute atomic E-state index is 11.4. The van der Waals surface area contributed by atoms with Gasteiger partial charge in [0.1, 0.15) is 4.88 Å². The quantitative estimate of drug-likeness (QED) is 0.830. The molecule has 0 radical (unpaired) electrons. The van der Waals surface area contributed by atoms with Gasteiger partial charge in [0.25, 0.3) is 0 Å². The Morgan fingerprint density at radius 1 is 1.50 bits per heavy atom. The lowest BCUT2D eigenvalue weighted by Gasteiger charge is -1.99. The van der Waals surface area contributed by atoms with Crippen molar-refractivity contribution < 1.29 is 9.53 Å². The molecule has 0 saturated heterocycles. The molecule has 4 heteroatoms. The smallest absolute Gasteiger partial charge is 0.348 e. The molecule has 0 aliphatic carbocycles.